The Morgan fingerprint density at radius 1 is 1.26 bits per heavy atom. The monoisotopic (exact) mass is 426 g/mol. The van der Waals surface area contributed by atoms with Gasteiger partial charge < -0.3 is 24.1 Å². The van der Waals surface area contributed by atoms with Crippen molar-refractivity contribution in [2.75, 3.05) is 33.8 Å². The van der Waals surface area contributed by atoms with Crippen LogP contribution in [-0.4, -0.2) is 60.4 Å². The number of amides is 1. The number of carbonyl (C=O) groups is 2. The first-order valence-electron chi connectivity index (χ1n) is 10.5. The van der Waals surface area contributed by atoms with Crippen LogP contribution in [0.4, 0.5) is 0 Å². The van der Waals surface area contributed by atoms with Gasteiger partial charge in [-0.15, -0.1) is 0 Å². The van der Waals surface area contributed by atoms with E-state index in [4.69, 9.17) is 9.15 Å². The van der Waals surface area contributed by atoms with Crippen molar-refractivity contribution in [3.05, 3.63) is 65.3 Å². The summed E-state index contributed by atoms with van der Waals surface area (Å²) in [5.74, 6) is -0.467. The van der Waals surface area contributed by atoms with E-state index in [1.807, 2.05) is 43.3 Å². The zero-order chi connectivity index (χ0) is 22.5. The van der Waals surface area contributed by atoms with E-state index in [-0.39, 0.29) is 11.3 Å². The molecule has 3 rings (SSSR count). The maximum absolute atomic E-state index is 13.1. The summed E-state index contributed by atoms with van der Waals surface area (Å²) >= 11 is 0. The Labute approximate surface area is 182 Å². The normalized spacial score (nSPS) is 16.6. The van der Waals surface area contributed by atoms with Gasteiger partial charge in [-0.1, -0.05) is 26.0 Å². The number of nitrogens with zero attached hydrogens (tertiary/aromatic N) is 2. The minimum absolute atomic E-state index is 0.0332. The number of Topliss-reactive ketones (excluding diaryl/α,β-unsaturated/α-hetero) is 1. The topological polar surface area (TPSA) is 83.2 Å². The third kappa shape index (κ3) is 5.17. The lowest BCUT2D eigenvalue weighted by atomic mass is 9.95. The number of aliphatic hydroxyl groups excluding tert-OH is 1. The summed E-state index contributed by atoms with van der Waals surface area (Å²) in [7, 11) is 3.92. The molecule has 1 atom stereocenters. The molecule has 7 nitrogen and oxygen atoms in total. The lowest BCUT2D eigenvalue weighted by Gasteiger charge is -2.27. The highest BCUT2D eigenvalue weighted by molar-refractivity contribution is 6.15. The van der Waals surface area contributed by atoms with Gasteiger partial charge in [-0.05, 0) is 62.8 Å². The Kier molecular flexibility index (Phi) is 7.17. The molecule has 1 aliphatic heterocycles. The van der Waals surface area contributed by atoms with Gasteiger partial charge >= 0.3 is 0 Å². The Balaban J connectivity index is 1.98. The highest BCUT2D eigenvalue weighted by Crippen LogP contribution is 2.40. The molecule has 1 aromatic heterocycles. The summed E-state index contributed by atoms with van der Waals surface area (Å²) in [5.41, 5.74) is 0.740. The van der Waals surface area contributed by atoms with E-state index >= 15 is 0 Å². The lowest BCUT2D eigenvalue weighted by Crippen LogP contribution is -2.33. The van der Waals surface area contributed by atoms with Crippen LogP contribution in [0.15, 0.2) is 58.4 Å². The maximum Gasteiger partial charge on any atom is 0.290 e. The first-order chi connectivity index (χ1) is 14.8. The maximum atomic E-state index is 13.1. The third-order valence-corrected chi connectivity index (χ3v) is 5.05. The van der Waals surface area contributed by atoms with Crippen LogP contribution in [0.1, 0.15) is 42.4 Å². The number of hydrogen-bond acceptors (Lipinski definition) is 6. The highest BCUT2D eigenvalue weighted by Gasteiger charge is 2.44. The fourth-order valence-electron chi connectivity index (χ4n) is 3.60. The second kappa shape index (κ2) is 9.83. The van der Waals surface area contributed by atoms with Crippen molar-refractivity contribution >= 4 is 11.7 Å². The van der Waals surface area contributed by atoms with Crippen LogP contribution in [0, 0.1) is 5.92 Å². The largest absolute Gasteiger partial charge is 0.503 e. The van der Waals surface area contributed by atoms with Gasteiger partial charge in [0.2, 0.25) is 5.78 Å². The van der Waals surface area contributed by atoms with Crippen molar-refractivity contribution in [1.29, 1.82) is 0 Å². The van der Waals surface area contributed by atoms with E-state index < -0.39 is 23.5 Å². The molecule has 0 fully saturated rings. The summed E-state index contributed by atoms with van der Waals surface area (Å²) in [6, 6.07) is 9.76. The quantitative estimate of drug-likeness (QED) is 0.581. The Bertz CT molecular complexity index is 947. The van der Waals surface area contributed by atoms with Crippen molar-refractivity contribution in [1.82, 2.24) is 9.80 Å². The van der Waals surface area contributed by atoms with Gasteiger partial charge in [0.1, 0.15) is 5.75 Å². The molecular weight excluding hydrogens is 396 g/mol. The minimum Gasteiger partial charge on any atom is -0.503 e. The molecule has 0 bridgehead atoms. The van der Waals surface area contributed by atoms with Crippen LogP contribution in [0.2, 0.25) is 0 Å². The number of hydrogen-bond donors (Lipinski definition) is 1. The fourth-order valence-corrected chi connectivity index (χ4v) is 3.60. The molecule has 0 aliphatic carbocycles. The summed E-state index contributed by atoms with van der Waals surface area (Å²) in [6.45, 7) is 5.85. The van der Waals surface area contributed by atoms with Crippen LogP contribution in [0.3, 0.4) is 0 Å². The third-order valence-electron chi connectivity index (χ3n) is 5.05. The number of ketones is 1. The molecule has 7 heteroatoms. The van der Waals surface area contributed by atoms with Crippen molar-refractivity contribution in [3.63, 3.8) is 0 Å². The molecule has 0 spiro atoms. The molecule has 0 saturated heterocycles. The number of aliphatic hydroxyl groups is 1. The predicted octanol–water partition coefficient (Wildman–Crippen LogP) is 3.84. The molecule has 1 amide bonds. The van der Waals surface area contributed by atoms with E-state index in [2.05, 4.69) is 13.8 Å². The molecule has 166 valence electrons. The zero-order valence-corrected chi connectivity index (χ0v) is 18.5. The van der Waals surface area contributed by atoms with Crippen molar-refractivity contribution in [2.45, 2.75) is 26.3 Å². The molecule has 2 heterocycles. The van der Waals surface area contributed by atoms with Gasteiger partial charge in [0.15, 0.2) is 11.5 Å². The smallest absolute Gasteiger partial charge is 0.290 e. The Morgan fingerprint density at radius 3 is 2.68 bits per heavy atom. The predicted molar refractivity (Wildman–Crippen MR) is 117 cm³/mol. The molecule has 0 radical (unpaired) electrons. The van der Waals surface area contributed by atoms with Crippen molar-refractivity contribution < 1.29 is 23.8 Å². The van der Waals surface area contributed by atoms with Gasteiger partial charge in [-0.25, -0.2) is 0 Å². The number of ether oxygens (including phenoxy) is 1. The van der Waals surface area contributed by atoms with E-state index in [9.17, 15) is 14.7 Å². The minimum atomic E-state index is -0.713. The molecule has 1 N–H and O–H groups in total. The van der Waals surface area contributed by atoms with Crippen LogP contribution in [0.25, 0.3) is 0 Å². The second-order valence-corrected chi connectivity index (χ2v) is 8.40. The Morgan fingerprint density at radius 2 is 2.03 bits per heavy atom. The first kappa shape index (κ1) is 22.6. The molecule has 1 aliphatic rings. The molecular formula is C24H30N2O5. The van der Waals surface area contributed by atoms with Gasteiger partial charge in [0.05, 0.1) is 24.5 Å². The molecule has 31 heavy (non-hydrogen) atoms. The average Bonchev–Trinajstić information content (AvgIpc) is 3.35. The summed E-state index contributed by atoms with van der Waals surface area (Å²) < 4.78 is 11.1. The SMILES string of the molecule is CC(C)COc1cccc(C2C(C(=O)c3ccco3)=C(O)C(=O)N2CCCN(C)C)c1. The fraction of sp³-hybridized carbons (Fsp3) is 0.417. The lowest BCUT2D eigenvalue weighted by molar-refractivity contribution is -0.129. The standard InChI is InChI=1S/C24H30N2O5/c1-16(2)15-31-18-9-5-8-17(14-18)21-20(22(27)19-10-6-13-30-19)23(28)24(29)26(21)12-7-11-25(3)4/h5-6,8-10,13-14,16,21,28H,7,11-12,15H2,1-4H3. The number of furan rings is 1. The van der Waals surface area contributed by atoms with Crippen molar-refractivity contribution in [2.24, 2.45) is 5.92 Å². The van der Waals surface area contributed by atoms with E-state index in [0.29, 0.717) is 36.8 Å². The number of carbonyl (C=O) groups excluding carboxylic acids is 2. The van der Waals surface area contributed by atoms with E-state index in [0.717, 1.165) is 6.54 Å². The summed E-state index contributed by atoms with van der Waals surface area (Å²) in [5, 5.41) is 10.7. The molecule has 0 saturated carbocycles. The molecule has 1 aromatic carbocycles. The van der Waals surface area contributed by atoms with Crippen LogP contribution >= 0.6 is 0 Å². The number of rotatable bonds is 10. The molecule has 1 unspecified atom stereocenters. The van der Waals surface area contributed by atoms with E-state index in [1.54, 1.807) is 11.0 Å². The van der Waals surface area contributed by atoms with E-state index in [1.165, 1.54) is 12.3 Å². The molecule has 2 aromatic rings. The van der Waals surface area contributed by atoms with Gasteiger partial charge in [0, 0.05) is 6.54 Å². The second-order valence-electron chi connectivity index (χ2n) is 8.40. The van der Waals surface area contributed by atoms with Crippen LogP contribution < -0.4 is 4.74 Å². The van der Waals surface area contributed by atoms with Gasteiger partial charge in [-0.3, -0.25) is 9.59 Å². The first-order valence-corrected chi connectivity index (χ1v) is 10.5. The average molecular weight is 427 g/mol. The van der Waals surface area contributed by atoms with Crippen molar-refractivity contribution in [3.8, 4) is 5.75 Å². The highest BCUT2D eigenvalue weighted by atomic mass is 16.5. The van der Waals surface area contributed by atoms with Gasteiger partial charge in [0.25, 0.3) is 5.91 Å². The Hall–Kier alpha value is -3.06. The summed E-state index contributed by atoms with van der Waals surface area (Å²) in [4.78, 5) is 29.7. The van der Waals surface area contributed by atoms with Crippen LogP contribution in [0.5, 0.6) is 5.75 Å². The van der Waals surface area contributed by atoms with Gasteiger partial charge in [-0.2, -0.15) is 0 Å². The number of benzene rings is 1. The zero-order valence-electron chi connectivity index (χ0n) is 18.5. The summed E-state index contributed by atoms with van der Waals surface area (Å²) in [6.07, 6.45) is 2.10. The van der Waals surface area contributed by atoms with Crippen LogP contribution in [-0.2, 0) is 4.79 Å².